The molecular formula is C8H15NO. The summed E-state index contributed by atoms with van der Waals surface area (Å²) < 4.78 is 0. The van der Waals surface area contributed by atoms with Crippen LogP contribution in [0.3, 0.4) is 0 Å². The summed E-state index contributed by atoms with van der Waals surface area (Å²) >= 11 is 0. The van der Waals surface area contributed by atoms with Gasteiger partial charge in [-0.25, -0.2) is 9.79 Å². The molecule has 2 nitrogen and oxygen atoms in total. The fraction of sp³-hybridized carbons (Fsp3) is 0.875. The number of isocyanates is 1. The summed E-state index contributed by atoms with van der Waals surface area (Å²) in [5.41, 5.74) is 0.173. The Morgan fingerprint density at radius 3 is 2.50 bits per heavy atom. The van der Waals surface area contributed by atoms with Crippen LogP contribution < -0.4 is 0 Å². The van der Waals surface area contributed by atoms with Crippen molar-refractivity contribution in [3.8, 4) is 0 Å². The zero-order valence-electron chi connectivity index (χ0n) is 6.98. The molecule has 0 fully saturated rings. The van der Waals surface area contributed by atoms with Gasteiger partial charge in [-0.15, -0.1) is 0 Å². The third-order valence-electron chi connectivity index (χ3n) is 1.50. The highest BCUT2D eigenvalue weighted by Gasteiger charge is 2.14. The van der Waals surface area contributed by atoms with E-state index in [1.807, 2.05) is 0 Å². The first kappa shape index (κ1) is 9.38. The van der Waals surface area contributed by atoms with Gasteiger partial charge in [0.1, 0.15) is 0 Å². The number of nitrogens with zero attached hydrogens (tertiary/aromatic N) is 1. The molecule has 0 radical (unpaired) electrons. The maximum Gasteiger partial charge on any atom is 0.234 e. The van der Waals surface area contributed by atoms with E-state index in [1.54, 1.807) is 6.08 Å². The van der Waals surface area contributed by atoms with Gasteiger partial charge < -0.3 is 0 Å². The van der Waals surface area contributed by atoms with E-state index in [9.17, 15) is 4.79 Å². The lowest BCUT2D eigenvalue weighted by Gasteiger charge is -2.19. The molecule has 0 unspecified atom stereocenters. The Morgan fingerprint density at radius 2 is 2.10 bits per heavy atom. The molecule has 0 rings (SSSR count). The Hall–Kier alpha value is -0.620. The van der Waals surface area contributed by atoms with Crippen molar-refractivity contribution in [2.24, 2.45) is 10.4 Å². The van der Waals surface area contributed by atoms with Crippen LogP contribution in [0.4, 0.5) is 0 Å². The molecule has 0 aliphatic rings. The molecule has 0 saturated heterocycles. The van der Waals surface area contributed by atoms with Crippen LogP contribution in [-0.4, -0.2) is 12.6 Å². The molecule has 10 heavy (non-hydrogen) atoms. The molecule has 0 aliphatic carbocycles. The largest absolute Gasteiger partial charge is 0.234 e. The lowest BCUT2D eigenvalue weighted by atomic mass is 9.88. The highest BCUT2D eigenvalue weighted by molar-refractivity contribution is 5.32. The van der Waals surface area contributed by atoms with E-state index in [2.05, 4.69) is 25.8 Å². The average molecular weight is 141 g/mol. The number of hydrogen-bond acceptors (Lipinski definition) is 2. The number of aliphatic imine (C=N–C) groups is 1. The first-order valence-electron chi connectivity index (χ1n) is 3.66. The molecule has 0 aromatic carbocycles. The Balaban J connectivity index is 3.73. The maximum absolute atomic E-state index is 9.76. The predicted octanol–water partition coefficient (Wildman–Crippen LogP) is 2.15. The molecular weight excluding hydrogens is 126 g/mol. The average Bonchev–Trinajstić information content (AvgIpc) is 1.84. The summed E-state index contributed by atoms with van der Waals surface area (Å²) in [7, 11) is 0. The second kappa shape index (κ2) is 4.24. The van der Waals surface area contributed by atoms with E-state index in [4.69, 9.17) is 0 Å². The molecule has 0 spiro atoms. The van der Waals surface area contributed by atoms with E-state index in [-0.39, 0.29) is 5.41 Å². The molecule has 0 aliphatic heterocycles. The van der Waals surface area contributed by atoms with E-state index in [1.165, 1.54) is 0 Å². The van der Waals surface area contributed by atoms with Gasteiger partial charge in [-0.3, -0.25) is 0 Å². The summed E-state index contributed by atoms with van der Waals surface area (Å²) in [6, 6.07) is 0. The summed E-state index contributed by atoms with van der Waals surface area (Å²) in [6.07, 6.45) is 3.81. The Bertz CT molecular complexity index is 134. The lowest BCUT2D eigenvalue weighted by Crippen LogP contribution is -2.14. The second-order valence-corrected chi connectivity index (χ2v) is 3.32. The van der Waals surface area contributed by atoms with Gasteiger partial charge in [-0.1, -0.05) is 27.2 Å². The van der Waals surface area contributed by atoms with Gasteiger partial charge in [0.2, 0.25) is 6.08 Å². The number of carbonyl (C=O) groups excluding carboxylic acids is 1. The number of hydrogen-bond donors (Lipinski definition) is 0. The van der Waals surface area contributed by atoms with E-state index in [0.29, 0.717) is 6.54 Å². The van der Waals surface area contributed by atoms with Gasteiger partial charge in [-0.2, -0.15) is 0 Å². The Kier molecular flexibility index (Phi) is 3.97. The third kappa shape index (κ3) is 4.28. The molecule has 0 bridgehead atoms. The molecule has 2 heteroatoms. The normalized spacial score (nSPS) is 10.7. The highest BCUT2D eigenvalue weighted by atomic mass is 16.1. The van der Waals surface area contributed by atoms with Crippen molar-refractivity contribution >= 4 is 6.08 Å². The molecule has 0 aromatic heterocycles. The summed E-state index contributed by atoms with van der Waals surface area (Å²) in [4.78, 5) is 13.3. The molecule has 0 atom stereocenters. The van der Waals surface area contributed by atoms with Gasteiger partial charge in [-0.05, 0) is 11.8 Å². The lowest BCUT2D eigenvalue weighted by molar-refractivity contribution is 0.344. The summed E-state index contributed by atoms with van der Waals surface area (Å²) in [6.45, 7) is 6.95. The summed E-state index contributed by atoms with van der Waals surface area (Å²) in [5.74, 6) is 0. The monoisotopic (exact) mass is 141 g/mol. The fourth-order valence-electron chi connectivity index (χ4n) is 1.00. The van der Waals surface area contributed by atoms with Crippen LogP contribution in [0.15, 0.2) is 4.99 Å². The predicted molar refractivity (Wildman–Crippen MR) is 41.7 cm³/mol. The minimum Gasteiger partial charge on any atom is -0.211 e. The molecule has 0 heterocycles. The van der Waals surface area contributed by atoms with Crippen LogP contribution >= 0.6 is 0 Å². The van der Waals surface area contributed by atoms with Crippen LogP contribution in [0.5, 0.6) is 0 Å². The topological polar surface area (TPSA) is 29.4 Å². The van der Waals surface area contributed by atoms with Crippen LogP contribution in [0.2, 0.25) is 0 Å². The van der Waals surface area contributed by atoms with Gasteiger partial charge in [0.05, 0.1) is 6.54 Å². The van der Waals surface area contributed by atoms with E-state index >= 15 is 0 Å². The van der Waals surface area contributed by atoms with Crippen molar-refractivity contribution in [1.29, 1.82) is 0 Å². The maximum atomic E-state index is 9.76. The Labute approximate surface area is 62.4 Å². The first-order valence-corrected chi connectivity index (χ1v) is 3.66. The minimum absolute atomic E-state index is 0.173. The van der Waals surface area contributed by atoms with Gasteiger partial charge >= 0.3 is 0 Å². The van der Waals surface area contributed by atoms with Crippen LogP contribution in [-0.2, 0) is 4.79 Å². The molecule has 0 amide bonds. The SMILES string of the molecule is CCCC(C)(C)CN=C=O. The van der Waals surface area contributed by atoms with Crippen molar-refractivity contribution in [3.05, 3.63) is 0 Å². The van der Waals surface area contributed by atoms with Crippen molar-refractivity contribution < 1.29 is 4.79 Å². The molecule has 58 valence electrons. The molecule has 0 saturated carbocycles. The Morgan fingerprint density at radius 1 is 1.50 bits per heavy atom. The van der Waals surface area contributed by atoms with Gasteiger partial charge in [0.25, 0.3) is 0 Å². The zero-order valence-corrected chi connectivity index (χ0v) is 6.98. The van der Waals surface area contributed by atoms with E-state index in [0.717, 1.165) is 12.8 Å². The third-order valence-corrected chi connectivity index (χ3v) is 1.50. The van der Waals surface area contributed by atoms with Gasteiger partial charge in [0, 0.05) is 0 Å². The molecule has 0 N–H and O–H groups in total. The van der Waals surface area contributed by atoms with Crippen LogP contribution in [0.1, 0.15) is 33.6 Å². The van der Waals surface area contributed by atoms with Crippen molar-refractivity contribution in [3.63, 3.8) is 0 Å². The van der Waals surface area contributed by atoms with Crippen molar-refractivity contribution in [2.75, 3.05) is 6.54 Å². The van der Waals surface area contributed by atoms with Crippen LogP contribution in [0, 0.1) is 5.41 Å². The fourth-order valence-corrected chi connectivity index (χ4v) is 1.00. The van der Waals surface area contributed by atoms with Crippen LogP contribution in [0.25, 0.3) is 0 Å². The number of rotatable bonds is 4. The highest BCUT2D eigenvalue weighted by Crippen LogP contribution is 2.21. The van der Waals surface area contributed by atoms with Crippen molar-refractivity contribution in [2.45, 2.75) is 33.6 Å². The van der Waals surface area contributed by atoms with Gasteiger partial charge in [0.15, 0.2) is 0 Å². The van der Waals surface area contributed by atoms with Crippen molar-refractivity contribution in [1.82, 2.24) is 0 Å². The summed E-state index contributed by atoms with van der Waals surface area (Å²) in [5, 5.41) is 0. The zero-order chi connectivity index (χ0) is 8.04. The smallest absolute Gasteiger partial charge is 0.211 e. The van der Waals surface area contributed by atoms with E-state index < -0.39 is 0 Å². The second-order valence-electron chi connectivity index (χ2n) is 3.32. The quantitative estimate of drug-likeness (QED) is 0.435. The first-order chi connectivity index (χ1) is 4.62. The minimum atomic E-state index is 0.173. The molecule has 0 aromatic rings. The standard InChI is InChI=1S/C8H15NO/c1-4-5-8(2,3)6-9-7-10/h4-6H2,1-3H3.